The lowest BCUT2D eigenvalue weighted by Crippen LogP contribution is -2.27. The highest BCUT2D eigenvalue weighted by Crippen LogP contribution is 2.33. The molecule has 0 radical (unpaired) electrons. The van der Waals surface area contributed by atoms with E-state index in [-0.39, 0.29) is 25.2 Å². The van der Waals surface area contributed by atoms with Gasteiger partial charge in [0.2, 0.25) is 12.7 Å². The summed E-state index contributed by atoms with van der Waals surface area (Å²) in [5.41, 5.74) is 1.93. The summed E-state index contributed by atoms with van der Waals surface area (Å²) >= 11 is 0. The molecule has 0 saturated heterocycles. The van der Waals surface area contributed by atoms with Crippen LogP contribution in [0.2, 0.25) is 0 Å². The lowest BCUT2D eigenvalue weighted by Gasteiger charge is -2.15. The number of carbonyl (C=O) groups excluding carboxylic acids is 1. The molecule has 0 aliphatic carbocycles. The SMILES string of the molecule is Cc1c([C@@H](C)NC(=O)CCc2ccc3c(c2)OCO3)cnn1-c1cccc(C(F)(F)F)c1. The van der Waals surface area contributed by atoms with E-state index in [0.717, 1.165) is 23.3 Å². The maximum atomic E-state index is 13.0. The van der Waals surface area contributed by atoms with Crippen molar-refractivity contribution in [1.82, 2.24) is 15.1 Å². The van der Waals surface area contributed by atoms with Crippen molar-refractivity contribution in [2.75, 3.05) is 6.79 Å². The van der Waals surface area contributed by atoms with E-state index < -0.39 is 11.7 Å². The number of carbonyl (C=O) groups is 1. The zero-order chi connectivity index (χ0) is 22.9. The Hall–Kier alpha value is -3.49. The van der Waals surface area contributed by atoms with E-state index >= 15 is 0 Å². The molecule has 0 spiro atoms. The van der Waals surface area contributed by atoms with Crippen molar-refractivity contribution in [2.45, 2.75) is 38.9 Å². The summed E-state index contributed by atoms with van der Waals surface area (Å²) in [6, 6.07) is 10.2. The van der Waals surface area contributed by atoms with E-state index in [2.05, 4.69) is 10.4 Å². The van der Waals surface area contributed by atoms with Gasteiger partial charge in [0.15, 0.2) is 11.5 Å². The Kier molecular flexibility index (Phi) is 5.82. The topological polar surface area (TPSA) is 65.4 Å². The van der Waals surface area contributed by atoms with Crippen LogP contribution in [-0.2, 0) is 17.4 Å². The Morgan fingerprint density at radius 3 is 2.75 bits per heavy atom. The van der Waals surface area contributed by atoms with Crippen LogP contribution in [0.5, 0.6) is 11.5 Å². The van der Waals surface area contributed by atoms with Gasteiger partial charge in [0.05, 0.1) is 23.5 Å². The molecular weight excluding hydrogens is 423 g/mol. The van der Waals surface area contributed by atoms with Crippen molar-refractivity contribution >= 4 is 5.91 Å². The van der Waals surface area contributed by atoms with Crippen molar-refractivity contribution < 1.29 is 27.4 Å². The van der Waals surface area contributed by atoms with Gasteiger partial charge in [-0.3, -0.25) is 4.79 Å². The van der Waals surface area contributed by atoms with Gasteiger partial charge < -0.3 is 14.8 Å². The third-order valence-corrected chi connectivity index (χ3v) is 5.39. The van der Waals surface area contributed by atoms with Crippen LogP contribution in [-0.4, -0.2) is 22.5 Å². The van der Waals surface area contributed by atoms with E-state index in [1.54, 1.807) is 19.2 Å². The molecule has 1 amide bonds. The number of ether oxygens (including phenoxy) is 2. The summed E-state index contributed by atoms with van der Waals surface area (Å²) in [7, 11) is 0. The summed E-state index contributed by atoms with van der Waals surface area (Å²) in [4.78, 5) is 12.5. The van der Waals surface area contributed by atoms with Crippen LogP contribution in [0.25, 0.3) is 5.69 Å². The molecular formula is C23H22F3N3O3. The largest absolute Gasteiger partial charge is 0.454 e. The maximum Gasteiger partial charge on any atom is 0.416 e. The van der Waals surface area contributed by atoms with Gasteiger partial charge in [-0.05, 0) is 56.2 Å². The highest BCUT2D eigenvalue weighted by atomic mass is 19.4. The number of hydrogen-bond acceptors (Lipinski definition) is 4. The Morgan fingerprint density at radius 2 is 1.97 bits per heavy atom. The molecule has 3 aromatic rings. The van der Waals surface area contributed by atoms with Crippen LogP contribution in [0.15, 0.2) is 48.7 Å². The first-order valence-corrected chi connectivity index (χ1v) is 10.1. The van der Waals surface area contributed by atoms with Crippen molar-refractivity contribution in [2.24, 2.45) is 0 Å². The fraction of sp³-hybridized carbons (Fsp3) is 0.304. The molecule has 1 aliphatic rings. The second-order valence-electron chi connectivity index (χ2n) is 7.62. The first kappa shape index (κ1) is 21.7. The Balaban J connectivity index is 1.40. The van der Waals surface area contributed by atoms with Gasteiger partial charge in [0, 0.05) is 17.7 Å². The molecule has 168 valence electrons. The van der Waals surface area contributed by atoms with Gasteiger partial charge in [-0.1, -0.05) is 12.1 Å². The van der Waals surface area contributed by atoms with Gasteiger partial charge in [-0.25, -0.2) is 4.68 Å². The molecule has 32 heavy (non-hydrogen) atoms. The number of hydrogen-bond donors (Lipinski definition) is 1. The molecule has 1 aliphatic heterocycles. The Morgan fingerprint density at radius 1 is 1.19 bits per heavy atom. The van der Waals surface area contributed by atoms with Crippen LogP contribution >= 0.6 is 0 Å². The molecule has 0 fully saturated rings. The third-order valence-electron chi connectivity index (χ3n) is 5.39. The first-order chi connectivity index (χ1) is 15.2. The van der Waals surface area contributed by atoms with Gasteiger partial charge in [-0.2, -0.15) is 18.3 Å². The summed E-state index contributed by atoms with van der Waals surface area (Å²) in [6.07, 6.45) is -2.04. The normalized spacial score (nSPS) is 13.8. The molecule has 2 aromatic carbocycles. The standard InChI is InChI=1S/C23H22F3N3O3/c1-14(28-22(30)9-7-16-6-8-20-21(10-16)32-13-31-20)19-12-27-29(15(19)2)18-5-3-4-17(11-18)23(24,25)26/h3-6,8,10-12,14H,7,9,13H2,1-2H3,(H,28,30)/t14-/m1/s1. The quantitative estimate of drug-likeness (QED) is 0.595. The number of alkyl halides is 3. The lowest BCUT2D eigenvalue weighted by atomic mass is 10.1. The van der Waals surface area contributed by atoms with Crippen molar-refractivity contribution in [3.8, 4) is 17.2 Å². The second-order valence-corrected chi connectivity index (χ2v) is 7.62. The predicted molar refractivity (Wildman–Crippen MR) is 111 cm³/mol. The average molecular weight is 445 g/mol. The third kappa shape index (κ3) is 4.56. The number of rotatable bonds is 6. The smallest absolute Gasteiger partial charge is 0.416 e. The minimum absolute atomic E-state index is 0.138. The molecule has 9 heteroatoms. The Bertz CT molecular complexity index is 1140. The molecule has 0 unspecified atom stereocenters. The fourth-order valence-electron chi connectivity index (χ4n) is 3.67. The highest BCUT2D eigenvalue weighted by molar-refractivity contribution is 5.76. The molecule has 4 rings (SSSR count). The maximum absolute atomic E-state index is 13.0. The van der Waals surface area contributed by atoms with E-state index in [0.29, 0.717) is 29.3 Å². The minimum Gasteiger partial charge on any atom is -0.454 e. The molecule has 0 saturated carbocycles. The average Bonchev–Trinajstić information content (AvgIpc) is 3.37. The summed E-state index contributed by atoms with van der Waals surface area (Å²) in [5.74, 6) is 1.23. The monoisotopic (exact) mass is 445 g/mol. The minimum atomic E-state index is -4.43. The first-order valence-electron chi connectivity index (χ1n) is 10.1. The number of aryl methyl sites for hydroxylation is 1. The summed E-state index contributed by atoms with van der Waals surface area (Å²) in [5, 5.41) is 7.17. The number of benzene rings is 2. The highest BCUT2D eigenvalue weighted by Gasteiger charge is 2.30. The number of nitrogens with zero attached hydrogens (tertiary/aromatic N) is 2. The van der Waals surface area contributed by atoms with Crippen molar-refractivity contribution in [3.05, 3.63) is 71.0 Å². The second kappa shape index (κ2) is 8.57. The fourth-order valence-corrected chi connectivity index (χ4v) is 3.67. The van der Waals surface area contributed by atoms with Crippen molar-refractivity contribution in [3.63, 3.8) is 0 Å². The number of amides is 1. The van der Waals surface area contributed by atoms with Gasteiger partial charge in [0.1, 0.15) is 0 Å². The molecule has 0 bridgehead atoms. The number of fused-ring (bicyclic) bond motifs is 1. The van der Waals surface area contributed by atoms with Gasteiger partial charge >= 0.3 is 6.18 Å². The molecule has 1 atom stereocenters. The van der Waals surface area contributed by atoms with Crippen LogP contribution in [0.1, 0.15) is 41.8 Å². The van der Waals surface area contributed by atoms with Gasteiger partial charge in [0.25, 0.3) is 0 Å². The Labute approximate surface area is 183 Å². The summed E-state index contributed by atoms with van der Waals surface area (Å²) in [6.45, 7) is 3.78. The van der Waals surface area contributed by atoms with Crippen molar-refractivity contribution in [1.29, 1.82) is 0 Å². The zero-order valence-electron chi connectivity index (χ0n) is 17.6. The molecule has 1 N–H and O–H groups in total. The predicted octanol–water partition coefficient (Wildman–Crippen LogP) is 4.74. The lowest BCUT2D eigenvalue weighted by molar-refractivity contribution is -0.137. The van der Waals surface area contributed by atoms with E-state index in [1.165, 1.54) is 10.7 Å². The van der Waals surface area contributed by atoms with Crippen LogP contribution in [0.3, 0.4) is 0 Å². The van der Waals surface area contributed by atoms with E-state index in [9.17, 15) is 18.0 Å². The van der Waals surface area contributed by atoms with Gasteiger partial charge in [-0.15, -0.1) is 0 Å². The number of halogens is 3. The van der Waals surface area contributed by atoms with Crippen LogP contribution in [0, 0.1) is 6.92 Å². The molecule has 2 heterocycles. The van der Waals surface area contributed by atoms with E-state index in [4.69, 9.17) is 9.47 Å². The zero-order valence-corrected chi connectivity index (χ0v) is 17.6. The molecule has 1 aromatic heterocycles. The van der Waals surface area contributed by atoms with Crippen LogP contribution < -0.4 is 14.8 Å². The summed E-state index contributed by atoms with van der Waals surface area (Å²) < 4.78 is 51.2. The number of nitrogens with one attached hydrogen (secondary N) is 1. The van der Waals surface area contributed by atoms with E-state index in [1.807, 2.05) is 25.1 Å². The van der Waals surface area contributed by atoms with Crippen LogP contribution in [0.4, 0.5) is 13.2 Å². The number of aromatic nitrogens is 2. The molecule has 6 nitrogen and oxygen atoms in total.